The molecule has 1 amide bonds. The number of phenolic OH excluding ortho intramolecular Hbond substituents is 1. The second-order valence-corrected chi connectivity index (χ2v) is 7.47. The summed E-state index contributed by atoms with van der Waals surface area (Å²) in [6.07, 6.45) is 1.64. The molecule has 2 aromatic carbocycles. The number of furan rings is 1. The second kappa shape index (κ2) is 9.76. The molecular weight excluding hydrogens is 444 g/mol. The van der Waals surface area contributed by atoms with Gasteiger partial charge in [-0.1, -0.05) is 6.07 Å². The molecule has 0 spiro atoms. The zero-order valence-corrected chi connectivity index (χ0v) is 18.4. The smallest absolute Gasteiger partial charge is 0.289 e. The summed E-state index contributed by atoms with van der Waals surface area (Å²) in [5.74, 6) is 1.42. The van der Waals surface area contributed by atoms with Crippen molar-refractivity contribution < 1.29 is 14.3 Å². The van der Waals surface area contributed by atoms with Gasteiger partial charge in [0.15, 0.2) is 5.76 Å². The molecule has 1 saturated heterocycles. The molecule has 0 saturated carbocycles. The number of phenols is 1. The number of piperazine rings is 1. The lowest BCUT2D eigenvalue weighted by atomic mass is 10.2. The maximum Gasteiger partial charge on any atom is 0.289 e. The van der Waals surface area contributed by atoms with Crippen LogP contribution >= 0.6 is 12.4 Å². The average molecular weight is 467 g/mol. The predicted octanol–water partition coefficient (Wildman–Crippen LogP) is 3.88. The van der Waals surface area contributed by atoms with E-state index in [1.54, 1.807) is 41.4 Å². The van der Waals surface area contributed by atoms with Crippen molar-refractivity contribution in [1.29, 1.82) is 0 Å². The average Bonchev–Trinajstić information content (AvgIpc) is 3.23. The summed E-state index contributed by atoms with van der Waals surface area (Å²) in [7, 11) is 0. The third-order valence-corrected chi connectivity index (χ3v) is 5.16. The van der Waals surface area contributed by atoms with Crippen LogP contribution in [0.2, 0.25) is 0 Å². The van der Waals surface area contributed by atoms with Crippen molar-refractivity contribution in [1.82, 2.24) is 20.2 Å². The minimum atomic E-state index is -0.0914. The maximum absolute atomic E-state index is 12.7. The molecule has 0 bridgehead atoms. The van der Waals surface area contributed by atoms with Crippen LogP contribution in [-0.4, -0.2) is 52.1 Å². The van der Waals surface area contributed by atoms with Gasteiger partial charge in [-0.15, -0.1) is 12.4 Å². The number of hydrogen-bond acceptors (Lipinski definition) is 8. The normalized spacial score (nSPS) is 13.4. The first-order valence-corrected chi connectivity index (χ1v) is 10.3. The Balaban J connectivity index is 0.00000259. The molecule has 170 valence electrons. The SMILES string of the molecule is Cl.O=C(c1cc2cc(Nc3nccc(Nc4cccc(O)c4)n3)ccc2o1)N1CCNCC1. The van der Waals surface area contributed by atoms with E-state index in [-0.39, 0.29) is 24.1 Å². The van der Waals surface area contributed by atoms with Crippen LogP contribution in [0.25, 0.3) is 11.0 Å². The topological polar surface area (TPSA) is 116 Å². The maximum atomic E-state index is 12.7. The molecular formula is C23H23ClN6O3. The van der Waals surface area contributed by atoms with Gasteiger partial charge in [0.05, 0.1) is 0 Å². The summed E-state index contributed by atoms with van der Waals surface area (Å²) in [5.41, 5.74) is 2.14. The summed E-state index contributed by atoms with van der Waals surface area (Å²) < 4.78 is 5.78. The first kappa shape index (κ1) is 22.4. The number of amides is 1. The Morgan fingerprint density at radius 2 is 1.85 bits per heavy atom. The zero-order chi connectivity index (χ0) is 21.9. The van der Waals surface area contributed by atoms with E-state index in [0.29, 0.717) is 36.2 Å². The lowest BCUT2D eigenvalue weighted by molar-refractivity contribution is 0.0706. The Hall–Kier alpha value is -3.82. The van der Waals surface area contributed by atoms with Crippen molar-refractivity contribution in [3.8, 4) is 5.75 Å². The van der Waals surface area contributed by atoms with E-state index in [1.165, 1.54) is 0 Å². The second-order valence-electron chi connectivity index (χ2n) is 7.47. The largest absolute Gasteiger partial charge is 0.508 e. The van der Waals surface area contributed by atoms with Crippen molar-refractivity contribution in [2.45, 2.75) is 0 Å². The summed E-state index contributed by atoms with van der Waals surface area (Å²) in [4.78, 5) is 23.2. The highest BCUT2D eigenvalue weighted by atomic mass is 35.5. The summed E-state index contributed by atoms with van der Waals surface area (Å²) in [6.45, 7) is 2.93. The van der Waals surface area contributed by atoms with Gasteiger partial charge in [-0.2, -0.15) is 4.98 Å². The van der Waals surface area contributed by atoms with Gasteiger partial charge in [0, 0.05) is 55.2 Å². The molecule has 1 aliphatic heterocycles. The van der Waals surface area contributed by atoms with Crippen molar-refractivity contribution in [2.24, 2.45) is 0 Å². The first-order valence-electron chi connectivity index (χ1n) is 10.3. The molecule has 0 radical (unpaired) electrons. The third-order valence-electron chi connectivity index (χ3n) is 5.16. The minimum absolute atomic E-state index is 0. The number of nitrogens with one attached hydrogen (secondary N) is 3. The fraction of sp³-hybridized carbons (Fsp3) is 0.174. The molecule has 9 nitrogen and oxygen atoms in total. The lowest BCUT2D eigenvalue weighted by Crippen LogP contribution is -2.46. The van der Waals surface area contributed by atoms with E-state index in [4.69, 9.17) is 4.42 Å². The molecule has 0 aliphatic carbocycles. The van der Waals surface area contributed by atoms with Crippen LogP contribution in [0.4, 0.5) is 23.1 Å². The number of hydrogen-bond donors (Lipinski definition) is 4. The van der Waals surface area contributed by atoms with Gasteiger partial charge in [0.25, 0.3) is 5.91 Å². The minimum Gasteiger partial charge on any atom is -0.508 e. The molecule has 33 heavy (non-hydrogen) atoms. The van der Waals surface area contributed by atoms with Crippen LogP contribution in [0.5, 0.6) is 5.75 Å². The van der Waals surface area contributed by atoms with Gasteiger partial charge < -0.3 is 30.4 Å². The molecule has 10 heteroatoms. The molecule has 1 fully saturated rings. The molecule has 0 unspecified atom stereocenters. The standard InChI is InChI=1S/C23H22N6O3.ClH/c30-18-3-1-2-16(14-18)26-21-6-7-25-23(28-21)27-17-4-5-19-15(12-17)13-20(32-19)22(31)29-10-8-24-9-11-29;/h1-7,12-14,24,30H,8-11H2,(H2,25,26,27,28);1H. The number of rotatable bonds is 5. The highest BCUT2D eigenvalue weighted by Crippen LogP contribution is 2.26. The molecule has 3 heterocycles. The van der Waals surface area contributed by atoms with Crippen LogP contribution in [0.15, 0.2) is 65.2 Å². The fourth-order valence-electron chi connectivity index (χ4n) is 3.60. The van der Waals surface area contributed by atoms with Gasteiger partial charge >= 0.3 is 0 Å². The number of halogens is 1. The van der Waals surface area contributed by atoms with Crippen molar-refractivity contribution >= 4 is 52.4 Å². The van der Waals surface area contributed by atoms with Crippen LogP contribution in [0.1, 0.15) is 10.6 Å². The van der Waals surface area contributed by atoms with Gasteiger partial charge in [-0.05, 0) is 42.5 Å². The lowest BCUT2D eigenvalue weighted by Gasteiger charge is -2.26. The van der Waals surface area contributed by atoms with E-state index in [9.17, 15) is 9.90 Å². The number of aromatic nitrogens is 2. The first-order chi connectivity index (χ1) is 15.6. The van der Waals surface area contributed by atoms with E-state index in [2.05, 4.69) is 25.9 Å². The van der Waals surface area contributed by atoms with Crippen LogP contribution < -0.4 is 16.0 Å². The van der Waals surface area contributed by atoms with E-state index >= 15 is 0 Å². The Labute approximate surface area is 196 Å². The van der Waals surface area contributed by atoms with Crippen LogP contribution in [0, 0.1) is 0 Å². The van der Waals surface area contributed by atoms with Gasteiger partial charge in [0.1, 0.15) is 17.2 Å². The molecule has 1 aliphatic rings. The molecule has 2 aromatic heterocycles. The zero-order valence-electron chi connectivity index (χ0n) is 17.6. The highest BCUT2D eigenvalue weighted by molar-refractivity contribution is 5.97. The highest BCUT2D eigenvalue weighted by Gasteiger charge is 2.21. The number of aromatic hydroxyl groups is 1. The van der Waals surface area contributed by atoms with E-state index < -0.39 is 0 Å². The monoisotopic (exact) mass is 466 g/mol. The molecule has 4 N–H and O–H groups in total. The number of anilines is 4. The number of fused-ring (bicyclic) bond motifs is 1. The quantitative estimate of drug-likeness (QED) is 0.350. The summed E-state index contributed by atoms with van der Waals surface area (Å²) in [6, 6.07) is 15.9. The van der Waals surface area contributed by atoms with Crippen LogP contribution in [-0.2, 0) is 0 Å². The number of carbonyl (C=O) groups is 1. The van der Waals surface area contributed by atoms with Crippen molar-refractivity contribution in [3.05, 3.63) is 66.6 Å². The number of carbonyl (C=O) groups excluding carboxylic acids is 1. The summed E-state index contributed by atoms with van der Waals surface area (Å²) >= 11 is 0. The molecule has 5 rings (SSSR count). The molecule has 0 atom stereocenters. The van der Waals surface area contributed by atoms with E-state index in [1.807, 2.05) is 24.3 Å². The Morgan fingerprint density at radius 1 is 1.03 bits per heavy atom. The number of nitrogens with zero attached hydrogens (tertiary/aromatic N) is 3. The van der Waals surface area contributed by atoms with Crippen LogP contribution in [0.3, 0.4) is 0 Å². The van der Waals surface area contributed by atoms with Gasteiger partial charge in [-0.25, -0.2) is 4.98 Å². The molecule has 4 aromatic rings. The third kappa shape index (κ3) is 5.16. The Bertz CT molecular complexity index is 1270. The van der Waals surface area contributed by atoms with Crippen molar-refractivity contribution in [3.63, 3.8) is 0 Å². The predicted molar refractivity (Wildman–Crippen MR) is 129 cm³/mol. The van der Waals surface area contributed by atoms with E-state index in [0.717, 1.165) is 29.9 Å². The van der Waals surface area contributed by atoms with Gasteiger partial charge in [0.2, 0.25) is 5.95 Å². The number of benzene rings is 2. The Morgan fingerprint density at radius 3 is 2.67 bits per heavy atom. The summed E-state index contributed by atoms with van der Waals surface area (Å²) in [5, 5.41) is 20.0. The fourth-order valence-corrected chi connectivity index (χ4v) is 3.60. The van der Waals surface area contributed by atoms with Crippen molar-refractivity contribution in [2.75, 3.05) is 36.8 Å². The van der Waals surface area contributed by atoms with Gasteiger partial charge in [-0.3, -0.25) is 4.79 Å². The Kier molecular flexibility index (Phi) is 6.62.